The fourth-order valence-corrected chi connectivity index (χ4v) is 3.46. The number of hydrogen-bond acceptors (Lipinski definition) is 7. The van der Waals surface area contributed by atoms with E-state index < -0.39 is 17.9 Å². The highest BCUT2D eigenvalue weighted by atomic mass is 16.5. The molecule has 3 N–H and O–H groups in total. The van der Waals surface area contributed by atoms with Gasteiger partial charge in [0.05, 0.1) is 6.54 Å². The first kappa shape index (κ1) is 28.2. The van der Waals surface area contributed by atoms with Crippen LogP contribution in [0.2, 0.25) is 0 Å². The van der Waals surface area contributed by atoms with Crippen LogP contribution < -0.4 is 16.0 Å². The number of ether oxygens (including phenoxy) is 1. The van der Waals surface area contributed by atoms with Crippen molar-refractivity contribution in [2.24, 2.45) is 5.92 Å². The molecule has 0 bridgehead atoms. The minimum absolute atomic E-state index is 0.133. The number of benzene rings is 1. The Balaban J connectivity index is 1.69. The molecule has 0 unspecified atom stereocenters. The Morgan fingerprint density at radius 3 is 2.25 bits per heavy atom. The lowest BCUT2D eigenvalue weighted by Crippen LogP contribution is -2.51. The molecular weight excluding hydrogens is 468 g/mol. The zero-order valence-electron chi connectivity index (χ0n) is 20.5. The van der Waals surface area contributed by atoms with Gasteiger partial charge in [-0.2, -0.15) is 0 Å². The highest BCUT2D eigenvalue weighted by molar-refractivity contribution is 6.12. The lowest BCUT2D eigenvalue weighted by Gasteiger charge is -2.21. The number of unbranched alkanes of at least 4 members (excludes halogenated alkanes) is 2. The molecule has 0 radical (unpaired) electrons. The maximum atomic E-state index is 12.6. The van der Waals surface area contributed by atoms with Gasteiger partial charge in [-0.1, -0.05) is 32.4 Å². The van der Waals surface area contributed by atoms with Crippen LogP contribution in [0, 0.1) is 5.92 Å². The second-order valence-corrected chi connectivity index (χ2v) is 8.63. The average Bonchev–Trinajstić information content (AvgIpc) is 3.17. The quantitative estimate of drug-likeness (QED) is 0.185. The van der Waals surface area contributed by atoms with Crippen LogP contribution in [-0.2, 0) is 40.1 Å². The number of hydrogen-bond donors (Lipinski definition) is 3. The number of nitrogens with zero attached hydrogens (tertiary/aromatic N) is 1. The number of rotatable bonds is 15. The third kappa shape index (κ3) is 9.32. The third-order valence-electron chi connectivity index (χ3n) is 5.43. The average molecular weight is 501 g/mol. The van der Waals surface area contributed by atoms with Gasteiger partial charge in [0.1, 0.15) is 12.6 Å². The van der Waals surface area contributed by atoms with E-state index in [0.717, 1.165) is 10.5 Å². The van der Waals surface area contributed by atoms with Crippen molar-refractivity contribution in [2.75, 3.05) is 18.4 Å². The summed E-state index contributed by atoms with van der Waals surface area (Å²) in [6.45, 7) is 4.11. The van der Waals surface area contributed by atoms with Crippen LogP contribution >= 0.6 is 0 Å². The number of anilines is 1. The van der Waals surface area contributed by atoms with Gasteiger partial charge >= 0.3 is 0 Å². The standard InChI is InChI=1S/C25H32N4O7/c1-17(2)24(28-20(31)6-4-3-5-13-29-22(33)11-12-23(29)34)25(35)26-14-21(32)27-19-9-7-18(8-10-19)15-36-16-30/h7-12,16-17,24H,3-6,13-15H2,1-2H3,(H,26,35)(H,27,32)(H,28,31)/t24-/m0/s1. The lowest BCUT2D eigenvalue weighted by molar-refractivity contribution is -0.137. The van der Waals surface area contributed by atoms with Crippen LogP contribution in [0.15, 0.2) is 36.4 Å². The van der Waals surface area contributed by atoms with Crippen molar-refractivity contribution in [2.45, 2.75) is 52.2 Å². The molecule has 194 valence electrons. The Morgan fingerprint density at radius 1 is 0.972 bits per heavy atom. The van der Waals surface area contributed by atoms with E-state index in [0.29, 0.717) is 38.0 Å². The van der Waals surface area contributed by atoms with E-state index in [9.17, 15) is 28.8 Å². The molecule has 1 heterocycles. The topological polar surface area (TPSA) is 151 Å². The molecule has 0 fully saturated rings. The zero-order chi connectivity index (χ0) is 26.5. The monoisotopic (exact) mass is 500 g/mol. The van der Waals surface area contributed by atoms with Crippen molar-refractivity contribution >= 4 is 41.7 Å². The largest absolute Gasteiger partial charge is 0.463 e. The van der Waals surface area contributed by atoms with Gasteiger partial charge in [-0.05, 0) is 36.5 Å². The predicted octanol–water partition coefficient (Wildman–Crippen LogP) is 1.04. The van der Waals surface area contributed by atoms with Crippen LogP contribution in [0.4, 0.5) is 5.69 Å². The number of carbonyl (C=O) groups is 6. The van der Waals surface area contributed by atoms with E-state index in [1.165, 1.54) is 12.2 Å². The molecule has 2 rings (SSSR count). The van der Waals surface area contributed by atoms with Gasteiger partial charge in [0.25, 0.3) is 18.3 Å². The van der Waals surface area contributed by atoms with E-state index in [4.69, 9.17) is 0 Å². The summed E-state index contributed by atoms with van der Waals surface area (Å²) in [5.74, 6) is -2.03. The Kier molecular flexibility index (Phi) is 11.3. The first-order chi connectivity index (χ1) is 17.2. The van der Waals surface area contributed by atoms with Crippen LogP contribution in [0.25, 0.3) is 0 Å². The third-order valence-corrected chi connectivity index (χ3v) is 5.43. The fourth-order valence-electron chi connectivity index (χ4n) is 3.46. The highest BCUT2D eigenvalue weighted by Crippen LogP contribution is 2.11. The van der Waals surface area contributed by atoms with Crippen molar-refractivity contribution < 1.29 is 33.5 Å². The van der Waals surface area contributed by atoms with E-state index in [-0.39, 0.29) is 43.2 Å². The highest BCUT2D eigenvalue weighted by Gasteiger charge is 2.25. The summed E-state index contributed by atoms with van der Waals surface area (Å²) in [6.07, 6.45) is 4.46. The van der Waals surface area contributed by atoms with Crippen LogP contribution in [0.3, 0.4) is 0 Å². The van der Waals surface area contributed by atoms with Crippen LogP contribution in [0.1, 0.15) is 45.1 Å². The molecule has 11 heteroatoms. The summed E-state index contributed by atoms with van der Waals surface area (Å²) < 4.78 is 4.66. The molecule has 36 heavy (non-hydrogen) atoms. The van der Waals surface area contributed by atoms with Crippen molar-refractivity contribution in [3.8, 4) is 0 Å². The summed E-state index contributed by atoms with van der Waals surface area (Å²) in [7, 11) is 0. The van der Waals surface area contributed by atoms with E-state index in [1.807, 2.05) is 0 Å². The summed E-state index contributed by atoms with van der Waals surface area (Å²) in [4.78, 5) is 71.5. The normalized spacial score (nSPS) is 13.5. The maximum Gasteiger partial charge on any atom is 0.293 e. The Labute approximate surface area is 209 Å². The number of nitrogens with one attached hydrogen (secondary N) is 3. The second kappa shape index (κ2) is 14.4. The minimum atomic E-state index is -0.798. The van der Waals surface area contributed by atoms with Crippen LogP contribution in [0.5, 0.6) is 0 Å². The second-order valence-electron chi connectivity index (χ2n) is 8.63. The number of amides is 5. The summed E-state index contributed by atoms with van der Waals surface area (Å²) in [5, 5.41) is 7.91. The van der Waals surface area contributed by atoms with Gasteiger partial charge in [0, 0.05) is 30.8 Å². The van der Waals surface area contributed by atoms with Crippen molar-refractivity contribution in [3.63, 3.8) is 0 Å². The van der Waals surface area contributed by atoms with Gasteiger partial charge < -0.3 is 20.7 Å². The van der Waals surface area contributed by atoms with E-state index in [1.54, 1.807) is 38.1 Å². The molecule has 5 amide bonds. The Bertz CT molecular complexity index is 971. The molecule has 0 aliphatic carbocycles. The molecule has 1 aliphatic heterocycles. The summed E-state index contributed by atoms with van der Waals surface area (Å²) in [5.41, 5.74) is 1.28. The van der Waals surface area contributed by atoms with E-state index in [2.05, 4.69) is 20.7 Å². The Hall–Kier alpha value is -4.02. The van der Waals surface area contributed by atoms with E-state index >= 15 is 0 Å². The molecule has 1 aromatic carbocycles. The van der Waals surface area contributed by atoms with Gasteiger partial charge in [0.2, 0.25) is 17.7 Å². The van der Waals surface area contributed by atoms with Gasteiger partial charge in [-0.3, -0.25) is 33.7 Å². The molecule has 0 saturated carbocycles. The van der Waals surface area contributed by atoms with Crippen molar-refractivity contribution in [1.82, 2.24) is 15.5 Å². The molecular formula is C25H32N4O7. The molecule has 0 saturated heterocycles. The minimum Gasteiger partial charge on any atom is -0.463 e. The van der Waals surface area contributed by atoms with Gasteiger partial charge in [-0.25, -0.2) is 0 Å². The summed E-state index contributed by atoms with van der Waals surface area (Å²) >= 11 is 0. The molecule has 1 aromatic rings. The SMILES string of the molecule is CC(C)[C@H](NC(=O)CCCCCN1C(=O)C=CC1=O)C(=O)NCC(=O)Nc1ccc(COC=O)cc1. The molecule has 0 aromatic heterocycles. The molecule has 1 atom stereocenters. The maximum absolute atomic E-state index is 12.6. The zero-order valence-corrected chi connectivity index (χ0v) is 20.5. The number of imide groups is 1. The Morgan fingerprint density at radius 2 is 1.64 bits per heavy atom. The fraction of sp³-hybridized carbons (Fsp3) is 0.440. The lowest BCUT2D eigenvalue weighted by atomic mass is 10.0. The summed E-state index contributed by atoms with van der Waals surface area (Å²) in [6, 6.07) is 5.90. The number of carbonyl (C=O) groups excluding carboxylic acids is 6. The first-order valence-corrected chi connectivity index (χ1v) is 11.8. The van der Waals surface area contributed by atoms with Crippen LogP contribution in [-0.4, -0.2) is 60.0 Å². The molecule has 11 nitrogen and oxygen atoms in total. The molecule has 0 spiro atoms. The smallest absolute Gasteiger partial charge is 0.293 e. The van der Waals surface area contributed by atoms with Crippen molar-refractivity contribution in [1.29, 1.82) is 0 Å². The van der Waals surface area contributed by atoms with Gasteiger partial charge in [0.15, 0.2) is 0 Å². The predicted molar refractivity (Wildman–Crippen MR) is 130 cm³/mol. The first-order valence-electron chi connectivity index (χ1n) is 11.8. The van der Waals surface area contributed by atoms with Gasteiger partial charge in [-0.15, -0.1) is 0 Å². The van der Waals surface area contributed by atoms with Crippen molar-refractivity contribution in [3.05, 3.63) is 42.0 Å². The molecule has 1 aliphatic rings.